The molecule has 0 spiro atoms. The molecule has 0 radical (unpaired) electrons. The van der Waals surface area contributed by atoms with Gasteiger partial charge in [-0.15, -0.1) is 21.5 Å². The van der Waals surface area contributed by atoms with Gasteiger partial charge in [0, 0.05) is 23.9 Å². The zero-order valence-corrected chi connectivity index (χ0v) is 20.1. The molecule has 0 unspecified atom stereocenters. The number of nitrogens with zero attached hydrogens (tertiary/aromatic N) is 3. The number of carbonyl (C=O) groups is 2. The number of hydrogen-bond acceptors (Lipinski definition) is 7. The van der Waals surface area contributed by atoms with Crippen molar-refractivity contribution in [3.05, 3.63) is 46.9 Å². The SMILES string of the molecule is COC(=O)c1c(-c2ccc(F)cc2)csc1NC(=O)CSc1nnc(C2CCCCC2)n1C. The van der Waals surface area contributed by atoms with Crippen LogP contribution in [-0.2, 0) is 16.6 Å². The molecule has 1 fully saturated rings. The Morgan fingerprint density at radius 2 is 1.94 bits per heavy atom. The molecule has 2 heterocycles. The summed E-state index contributed by atoms with van der Waals surface area (Å²) in [6, 6.07) is 5.82. The van der Waals surface area contributed by atoms with Crippen LogP contribution in [-0.4, -0.2) is 39.5 Å². The second-order valence-corrected chi connectivity index (χ2v) is 9.75. The summed E-state index contributed by atoms with van der Waals surface area (Å²) in [5, 5.41) is 14.3. The summed E-state index contributed by atoms with van der Waals surface area (Å²) in [5.41, 5.74) is 1.50. The van der Waals surface area contributed by atoms with Gasteiger partial charge in [0.1, 0.15) is 22.2 Å². The third kappa shape index (κ3) is 5.27. The Bertz CT molecular complexity index is 1140. The van der Waals surface area contributed by atoms with E-state index in [9.17, 15) is 14.0 Å². The number of hydrogen-bond donors (Lipinski definition) is 1. The average molecular weight is 489 g/mol. The second-order valence-electron chi connectivity index (χ2n) is 7.92. The summed E-state index contributed by atoms with van der Waals surface area (Å²) in [4.78, 5) is 25.1. The number of nitrogens with one attached hydrogen (secondary N) is 1. The topological polar surface area (TPSA) is 86.1 Å². The number of rotatable bonds is 7. The van der Waals surface area contributed by atoms with Crippen molar-refractivity contribution in [2.45, 2.75) is 43.2 Å². The second kappa shape index (κ2) is 10.5. The van der Waals surface area contributed by atoms with E-state index in [2.05, 4.69) is 15.5 Å². The molecule has 1 N–H and O–H groups in total. The fraction of sp³-hybridized carbons (Fsp3) is 0.391. The van der Waals surface area contributed by atoms with E-state index in [1.807, 2.05) is 11.6 Å². The van der Waals surface area contributed by atoms with Crippen LogP contribution in [0.1, 0.15) is 54.2 Å². The fourth-order valence-corrected chi connectivity index (χ4v) is 5.75. The van der Waals surface area contributed by atoms with Gasteiger partial charge in [-0.2, -0.15) is 0 Å². The maximum absolute atomic E-state index is 13.3. The Hall–Kier alpha value is -2.72. The van der Waals surface area contributed by atoms with Crippen LogP contribution in [0.5, 0.6) is 0 Å². The number of aromatic nitrogens is 3. The number of halogens is 1. The molecule has 1 amide bonds. The molecule has 33 heavy (non-hydrogen) atoms. The Labute approximate surface area is 199 Å². The monoisotopic (exact) mass is 488 g/mol. The predicted octanol–water partition coefficient (Wildman–Crippen LogP) is 5.25. The molecular weight excluding hydrogens is 463 g/mol. The lowest BCUT2D eigenvalue weighted by Gasteiger charge is -2.20. The number of carbonyl (C=O) groups excluding carboxylic acids is 2. The first-order chi connectivity index (χ1) is 16.0. The highest BCUT2D eigenvalue weighted by Gasteiger charge is 2.24. The van der Waals surface area contributed by atoms with E-state index in [1.165, 1.54) is 61.6 Å². The molecule has 3 aromatic rings. The molecule has 10 heteroatoms. The van der Waals surface area contributed by atoms with Gasteiger partial charge in [-0.3, -0.25) is 4.79 Å². The van der Waals surface area contributed by atoms with Crippen molar-refractivity contribution in [2.75, 3.05) is 18.2 Å². The van der Waals surface area contributed by atoms with Crippen LogP contribution in [0.4, 0.5) is 9.39 Å². The van der Waals surface area contributed by atoms with Gasteiger partial charge in [0.25, 0.3) is 0 Å². The van der Waals surface area contributed by atoms with Crippen molar-refractivity contribution in [1.82, 2.24) is 14.8 Å². The lowest BCUT2D eigenvalue weighted by molar-refractivity contribution is -0.113. The summed E-state index contributed by atoms with van der Waals surface area (Å²) < 4.78 is 20.2. The van der Waals surface area contributed by atoms with Crippen LogP contribution in [0.25, 0.3) is 11.1 Å². The minimum absolute atomic E-state index is 0.126. The molecule has 1 aromatic carbocycles. The smallest absolute Gasteiger partial charge is 0.341 e. The number of thiophene rings is 1. The molecule has 4 rings (SSSR count). The van der Waals surface area contributed by atoms with Gasteiger partial charge in [-0.25, -0.2) is 9.18 Å². The molecule has 0 atom stereocenters. The Kier molecular flexibility index (Phi) is 7.44. The van der Waals surface area contributed by atoms with Crippen molar-refractivity contribution in [2.24, 2.45) is 7.05 Å². The van der Waals surface area contributed by atoms with Gasteiger partial charge in [-0.1, -0.05) is 43.2 Å². The largest absolute Gasteiger partial charge is 0.465 e. The van der Waals surface area contributed by atoms with Crippen LogP contribution in [0.2, 0.25) is 0 Å². The minimum atomic E-state index is -0.566. The molecule has 0 saturated heterocycles. The quantitative estimate of drug-likeness (QED) is 0.361. The standard InChI is InChI=1S/C23H25FN4O3S2/c1-28-20(15-6-4-3-5-7-15)26-27-23(28)33-13-18(29)25-21-19(22(30)31-2)17(12-32-21)14-8-10-16(24)11-9-14/h8-12,15H,3-7,13H2,1-2H3,(H,25,29). The lowest BCUT2D eigenvalue weighted by atomic mass is 9.89. The lowest BCUT2D eigenvalue weighted by Crippen LogP contribution is -2.16. The van der Waals surface area contributed by atoms with Gasteiger partial charge in [0.2, 0.25) is 5.91 Å². The van der Waals surface area contributed by atoms with Gasteiger partial charge >= 0.3 is 5.97 Å². The third-order valence-corrected chi connectivity index (χ3v) is 7.68. The van der Waals surface area contributed by atoms with Crippen molar-refractivity contribution in [3.8, 4) is 11.1 Å². The number of ether oxygens (including phenoxy) is 1. The molecule has 7 nitrogen and oxygen atoms in total. The highest BCUT2D eigenvalue weighted by atomic mass is 32.2. The normalized spacial score (nSPS) is 14.3. The number of methoxy groups -OCH3 is 1. The van der Waals surface area contributed by atoms with Crippen LogP contribution in [0.3, 0.4) is 0 Å². The molecule has 0 bridgehead atoms. The van der Waals surface area contributed by atoms with E-state index in [0.717, 1.165) is 18.7 Å². The van der Waals surface area contributed by atoms with Crippen LogP contribution < -0.4 is 5.32 Å². The summed E-state index contributed by atoms with van der Waals surface area (Å²) >= 11 is 2.53. The predicted molar refractivity (Wildman–Crippen MR) is 127 cm³/mol. The fourth-order valence-electron chi connectivity index (χ4n) is 4.06. The molecular formula is C23H25FN4O3S2. The summed E-state index contributed by atoms with van der Waals surface area (Å²) in [5.74, 6) is 0.338. The van der Waals surface area contributed by atoms with Crippen LogP contribution in [0.15, 0.2) is 34.8 Å². The number of amides is 1. The number of benzene rings is 1. The Morgan fingerprint density at radius 1 is 1.21 bits per heavy atom. The summed E-state index contributed by atoms with van der Waals surface area (Å²) in [6.45, 7) is 0. The zero-order valence-electron chi connectivity index (χ0n) is 18.5. The van der Waals surface area contributed by atoms with E-state index in [0.29, 0.717) is 27.2 Å². The van der Waals surface area contributed by atoms with Gasteiger partial charge in [0.05, 0.1) is 12.9 Å². The van der Waals surface area contributed by atoms with E-state index in [1.54, 1.807) is 17.5 Å². The molecule has 1 saturated carbocycles. The molecule has 174 valence electrons. The highest BCUT2D eigenvalue weighted by molar-refractivity contribution is 7.99. The van der Waals surface area contributed by atoms with Gasteiger partial charge in [0.15, 0.2) is 5.16 Å². The van der Waals surface area contributed by atoms with E-state index in [4.69, 9.17) is 4.74 Å². The Morgan fingerprint density at radius 3 is 2.64 bits per heavy atom. The number of esters is 1. The molecule has 1 aliphatic rings. The van der Waals surface area contributed by atoms with E-state index in [-0.39, 0.29) is 23.0 Å². The average Bonchev–Trinajstić information content (AvgIpc) is 3.41. The van der Waals surface area contributed by atoms with Crippen molar-refractivity contribution >= 4 is 40.0 Å². The van der Waals surface area contributed by atoms with E-state index < -0.39 is 5.97 Å². The highest BCUT2D eigenvalue weighted by Crippen LogP contribution is 2.37. The Balaban J connectivity index is 1.45. The number of thioether (sulfide) groups is 1. The molecule has 2 aromatic heterocycles. The minimum Gasteiger partial charge on any atom is -0.465 e. The molecule has 1 aliphatic carbocycles. The van der Waals surface area contributed by atoms with Crippen molar-refractivity contribution in [1.29, 1.82) is 0 Å². The van der Waals surface area contributed by atoms with Crippen LogP contribution in [0, 0.1) is 5.82 Å². The maximum atomic E-state index is 13.3. The number of anilines is 1. The third-order valence-electron chi connectivity index (χ3n) is 5.76. The first kappa shape index (κ1) is 23.4. The molecule has 0 aliphatic heterocycles. The summed E-state index contributed by atoms with van der Waals surface area (Å²) in [6.07, 6.45) is 5.96. The van der Waals surface area contributed by atoms with Gasteiger partial charge in [-0.05, 0) is 30.5 Å². The summed E-state index contributed by atoms with van der Waals surface area (Å²) in [7, 11) is 3.22. The van der Waals surface area contributed by atoms with Crippen LogP contribution >= 0.6 is 23.1 Å². The first-order valence-electron chi connectivity index (χ1n) is 10.8. The van der Waals surface area contributed by atoms with E-state index >= 15 is 0 Å². The first-order valence-corrected chi connectivity index (χ1v) is 12.6. The van der Waals surface area contributed by atoms with Gasteiger partial charge < -0.3 is 14.6 Å². The van der Waals surface area contributed by atoms with Crippen molar-refractivity contribution in [3.63, 3.8) is 0 Å². The van der Waals surface area contributed by atoms with Crippen molar-refractivity contribution < 1.29 is 18.7 Å². The zero-order chi connectivity index (χ0) is 23.4. The maximum Gasteiger partial charge on any atom is 0.341 e.